The minimum atomic E-state index is -0.289. The zero-order valence-corrected chi connectivity index (χ0v) is 16.2. The van der Waals surface area contributed by atoms with Gasteiger partial charge in [0.05, 0.1) is 6.54 Å². The first-order chi connectivity index (χ1) is 10.9. The third-order valence-corrected chi connectivity index (χ3v) is 5.32. The number of nitrogens with zero attached hydrogens (tertiary/aromatic N) is 2. The van der Waals surface area contributed by atoms with Crippen LogP contribution in [0.4, 0.5) is 0 Å². The van der Waals surface area contributed by atoms with E-state index >= 15 is 0 Å². The van der Waals surface area contributed by atoms with Gasteiger partial charge in [-0.15, -0.1) is 12.4 Å². The molecule has 2 atom stereocenters. The molecule has 2 unspecified atom stereocenters. The molecule has 2 fully saturated rings. The first-order valence-corrected chi connectivity index (χ1v) is 8.76. The van der Waals surface area contributed by atoms with Gasteiger partial charge >= 0.3 is 0 Å². The molecule has 6 nitrogen and oxygen atoms in total. The average molecular weight is 421 g/mol. The molecule has 1 aromatic rings. The summed E-state index contributed by atoms with van der Waals surface area (Å²) in [7, 11) is 3.47. The van der Waals surface area contributed by atoms with E-state index in [2.05, 4.69) is 21.2 Å². The Morgan fingerprint density at radius 1 is 1.25 bits per heavy atom. The molecule has 3 heterocycles. The maximum Gasteiger partial charge on any atom is 0.289 e. The van der Waals surface area contributed by atoms with Crippen LogP contribution in [0.15, 0.2) is 21.2 Å². The molecule has 2 saturated heterocycles. The number of likely N-dealkylation sites (N-methyl/N-ethyl adjacent to an activating group) is 2. The van der Waals surface area contributed by atoms with Crippen LogP contribution in [0, 0.1) is 0 Å². The second-order valence-corrected chi connectivity index (χ2v) is 7.31. The van der Waals surface area contributed by atoms with Crippen LogP contribution in [0.3, 0.4) is 0 Å². The van der Waals surface area contributed by atoms with Crippen molar-refractivity contribution in [2.45, 2.75) is 43.8 Å². The number of hydrogen-bond acceptors (Lipinski definition) is 4. The van der Waals surface area contributed by atoms with E-state index in [1.807, 2.05) is 11.9 Å². The van der Waals surface area contributed by atoms with E-state index in [1.54, 1.807) is 19.2 Å². The van der Waals surface area contributed by atoms with Crippen LogP contribution >= 0.6 is 28.3 Å². The molecule has 0 aromatic carbocycles. The maximum atomic E-state index is 12.5. The van der Waals surface area contributed by atoms with Gasteiger partial charge in [0.15, 0.2) is 10.4 Å². The van der Waals surface area contributed by atoms with Crippen molar-refractivity contribution in [3.63, 3.8) is 0 Å². The van der Waals surface area contributed by atoms with E-state index in [4.69, 9.17) is 4.42 Å². The lowest BCUT2D eigenvalue weighted by molar-refractivity contribution is -0.133. The van der Waals surface area contributed by atoms with Crippen molar-refractivity contribution in [3.8, 4) is 0 Å². The number of fused-ring (bicyclic) bond motifs is 2. The average Bonchev–Trinajstić information content (AvgIpc) is 3.10. The summed E-state index contributed by atoms with van der Waals surface area (Å²) >= 11 is 3.17. The molecule has 2 aliphatic rings. The molecule has 8 heteroatoms. The van der Waals surface area contributed by atoms with Crippen molar-refractivity contribution in [1.29, 1.82) is 0 Å². The van der Waals surface area contributed by atoms with Gasteiger partial charge in [-0.25, -0.2) is 0 Å². The molecule has 2 amide bonds. The van der Waals surface area contributed by atoms with E-state index in [-0.39, 0.29) is 42.6 Å². The molecule has 1 aromatic heterocycles. The third kappa shape index (κ3) is 4.13. The molecule has 0 aliphatic carbocycles. The Morgan fingerprint density at radius 3 is 2.42 bits per heavy atom. The highest BCUT2D eigenvalue weighted by Gasteiger charge is 2.36. The lowest BCUT2D eigenvalue weighted by Crippen LogP contribution is -2.50. The van der Waals surface area contributed by atoms with E-state index in [0.29, 0.717) is 16.8 Å². The Hall–Kier alpha value is -1.05. The van der Waals surface area contributed by atoms with Crippen molar-refractivity contribution in [1.82, 2.24) is 15.1 Å². The second kappa shape index (κ2) is 7.89. The molecule has 3 rings (SSSR count). The second-order valence-electron chi connectivity index (χ2n) is 6.53. The summed E-state index contributed by atoms with van der Waals surface area (Å²) < 4.78 is 5.76. The van der Waals surface area contributed by atoms with Crippen LogP contribution in [0.5, 0.6) is 0 Å². The van der Waals surface area contributed by atoms with Crippen molar-refractivity contribution in [2.75, 3.05) is 20.6 Å². The van der Waals surface area contributed by atoms with Gasteiger partial charge in [-0.2, -0.15) is 0 Å². The number of halogens is 2. The van der Waals surface area contributed by atoms with Gasteiger partial charge in [0, 0.05) is 32.2 Å². The predicted octanol–water partition coefficient (Wildman–Crippen LogP) is 2.28. The van der Waals surface area contributed by atoms with Gasteiger partial charge in [-0.05, 0) is 53.7 Å². The summed E-state index contributed by atoms with van der Waals surface area (Å²) in [6.07, 6.45) is 4.41. The van der Waals surface area contributed by atoms with Crippen LogP contribution in [0.2, 0.25) is 0 Å². The fourth-order valence-electron chi connectivity index (χ4n) is 3.55. The van der Waals surface area contributed by atoms with Crippen LogP contribution in [0.25, 0.3) is 0 Å². The number of rotatable bonds is 4. The number of carbonyl (C=O) groups excluding carboxylic acids is 2. The number of piperidine rings is 1. The van der Waals surface area contributed by atoms with Crippen molar-refractivity contribution >= 4 is 40.2 Å². The largest absolute Gasteiger partial charge is 0.444 e. The van der Waals surface area contributed by atoms with Crippen LogP contribution < -0.4 is 5.32 Å². The lowest BCUT2D eigenvalue weighted by atomic mass is 9.98. The Kier molecular flexibility index (Phi) is 6.33. The third-order valence-electron chi connectivity index (χ3n) is 4.89. The molecule has 1 N–H and O–H groups in total. The summed E-state index contributed by atoms with van der Waals surface area (Å²) in [5.41, 5.74) is 0. The van der Waals surface area contributed by atoms with Crippen molar-refractivity contribution < 1.29 is 14.0 Å². The lowest BCUT2D eigenvalue weighted by Gasteiger charge is -2.36. The van der Waals surface area contributed by atoms with Gasteiger partial charge < -0.3 is 19.5 Å². The highest BCUT2D eigenvalue weighted by molar-refractivity contribution is 9.10. The molecule has 0 spiro atoms. The Balaban J connectivity index is 0.00000208. The number of hydrogen-bond donors (Lipinski definition) is 1. The number of nitrogens with one attached hydrogen (secondary N) is 1. The van der Waals surface area contributed by atoms with Crippen molar-refractivity contribution in [3.05, 3.63) is 22.6 Å². The standard InChI is InChI=1S/C16H22BrN3O3.ClH/c1-19(16(22)13-5-6-14(17)23-13)9-15(21)20(2)12-7-10-3-4-11(8-12)18-10;/h5-6,10-12,18H,3-4,7-9H2,1-2H3;1H. The van der Waals surface area contributed by atoms with Gasteiger partial charge in [-0.1, -0.05) is 0 Å². The van der Waals surface area contributed by atoms with Gasteiger partial charge in [-0.3, -0.25) is 9.59 Å². The zero-order valence-electron chi connectivity index (χ0n) is 13.8. The van der Waals surface area contributed by atoms with Crippen molar-refractivity contribution in [2.24, 2.45) is 0 Å². The molecular formula is C16H23BrClN3O3. The first-order valence-electron chi connectivity index (χ1n) is 7.96. The minimum Gasteiger partial charge on any atom is -0.444 e. The zero-order chi connectivity index (χ0) is 16.6. The molecule has 24 heavy (non-hydrogen) atoms. The summed E-state index contributed by atoms with van der Waals surface area (Å²) in [6, 6.07) is 4.60. The summed E-state index contributed by atoms with van der Waals surface area (Å²) in [5.74, 6) is -0.0876. The van der Waals surface area contributed by atoms with E-state index in [9.17, 15) is 9.59 Å². The SMILES string of the molecule is CN(CC(=O)N(C)C1CC2CCC(C1)N2)C(=O)c1ccc(Br)o1.Cl. The molecule has 2 aliphatic heterocycles. The quantitative estimate of drug-likeness (QED) is 0.811. The molecule has 0 saturated carbocycles. The van der Waals surface area contributed by atoms with Gasteiger partial charge in [0.25, 0.3) is 5.91 Å². The first kappa shape index (κ1) is 19.3. The fourth-order valence-corrected chi connectivity index (χ4v) is 3.86. The Morgan fingerprint density at radius 2 is 1.88 bits per heavy atom. The van der Waals surface area contributed by atoms with Gasteiger partial charge in [0.1, 0.15) is 0 Å². The highest BCUT2D eigenvalue weighted by Crippen LogP contribution is 2.29. The normalized spacial score (nSPS) is 25.0. The van der Waals surface area contributed by atoms with E-state index < -0.39 is 0 Å². The molecule has 0 radical (unpaired) electrons. The summed E-state index contributed by atoms with van der Waals surface area (Å²) in [4.78, 5) is 28.0. The number of amides is 2. The monoisotopic (exact) mass is 419 g/mol. The molecule has 134 valence electrons. The molecular weight excluding hydrogens is 398 g/mol. The van der Waals surface area contributed by atoms with E-state index in [0.717, 1.165) is 12.8 Å². The van der Waals surface area contributed by atoms with Crippen LogP contribution in [0.1, 0.15) is 36.2 Å². The fraction of sp³-hybridized carbons (Fsp3) is 0.625. The van der Waals surface area contributed by atoms with Crippen LogP contribution in [-0.2, 0) is 4.79 Å². The highest BCUT2D eigenvalue weighted by atomic mass is 79.9. The summed E-state index contributed by atoms with van der Waals surface area (Å²) in [5, 5.41) is 3.58. The smallest absolute Gasteiger partial charge is 0.289 e. The predicted molar refractivity (Wildman–Crippen MR) is 96.4 cm³/mol. The minimum absolute atomic E-state index is 0. The Bertz CT molecular complexity index is 597. The van der Waals surface area contributed by atoms with Gasteiger partial charge in [0.2, 0.25) is 5.91 Å². The molecule has 2 bridgehead atoms. The maximum absolute atomic E-state index is 12.5. The Labute approximate surface area is 156 Å². The van der Waals surface area contributed by atoms with Crippen LogP contribution in [-0.4, -0.2) is 60.4 Å². The van der Waals surface area contributed by atoms with E-state index in [1.165, 1.54) is 17.7 Å². The number of furan rings is 1. The summed E-state index contributed by atoms with van der Waals surface area (Å²) in [6.45, 7) is 0.0624. The number of carbonyl (C=O) groups is 2. The topological polar surface area (TPSA) is 65.8 Å².